The molecule has 0 bridgehead atoms. The average Bonchev–Trinajstić information content (AvgIpc) is 3.59. The quantitative estimate of drug-likeness (QED) is 0.383. The Morgan fingerprint density at radius 1 is 0.742 bits per heavy atom. The predicted octanol–water partition coefficient (Wildman–Crippen LogP) is 5.40. The van der Waals surface area contributed by atoms with Crippen LogP contribution in [0.25, 0.3) is 44.6 Å². The molecule has 0 spiro atoms. The summed E-state index contributed by atoms with van der Waals surface area (Å²) in [5.74, 6) is 1.64. The van der Waals surface area contributed by atoms with E-state index >= 15 is 0 Å². The number of thiazole rings is 1. The van der Waals surface area contributed by atoms with Gasteiger partial charge in [-0.2, -0.15) is 0 Å². The van der Waals surface area contributed by atoms with Crippen molar-refractivity contribution in [2.24, 2.45) is 0 Å². The van der Waals surface area contributed by atoms with Gasteiger partial charge in [-0.25, -0.2) is 19.9 Å². The summed E-state index contributed by atoms with van der Waals surface area (Å²) in [6, 6.07) is 20.3. The summed E-state index contributed by atoms with van der Waals surface area (Å²) in [6.07, 6.45) is 9.44. The summed E-state index contributed by atoms with van der Waals surface area (Å²) < 4.78 is 4.10. The zero-order chi connectivity index (χ0) is 20.6. The van der Waals surface area contributed by atoms with E-state index in [1.54, 1.807) is 23.7 Å². The number of fused-ring (bicyclic) bond motifs is 1. The number of aromatic nitrogens is 6. The van der Waals surface area contributed by atoms with E-state index in [0.717, 1.165) is 44.6 Å². The monoisotopic (exact) mass is 420 g/mol. The van der Waals surface area contributed by atoms with E-state index in [4.69, 9.17) is 4.98 Å². The molecule has 5 aromatic heterocycles. The Balaban J connectivity index is 1.45. The first-order valence-electron chi connectivity index (χ1n) is 9.80. The van der Waals surface area contributed by atoms with E-state index < -0.39 is 0 Å². The Kier molecular flexibility index (Phi) is 4.18. The van der Waals surface area contributed by atoms with Crippen molar-refractivity contribution in [3.8, 4) is 33.6 Å². The summed E-state index contributed by atoms with van der Waals surface area (Å²) in [4.78, 5) is 18.3. The predicted molar refractivity (Wildman–Crippen MR) is 123 cm³/mol. The van der Waals surface area contributed by atoms with Crippen molar-refractivity contribution in [1.82, 2.24) is 29.1 Å². The fourth-order valence-electron chi connectivity index (χ4n) is 3.65. The lowest BCUT2D eigenvalue weighted by molar-refractivity contribution is 1.00. The molecule has 0 amide bonds. The maximum Gasteiger partial charge on any atom is 0.146 e. The lowest BCUT2D eigenvalue weighted by atomic mass is 10.2. The Bertz CT molecular complexity index is 1460. The molecule has 0 unspecified atom stereocenters. The SMILES string of the molecule is c1ccc(-n2cc(-c3nccs3)nc2-c2ccc(-n3ccc4cccnc43)cc2)nc1. The summed E-state index contributed by atoms with van der Waals surface area (Å²) >= 11 is 1.57. The van der Waals surface area contributed by atoms with Crippen LogP contribution in [0.1, 0.15) is 0 Å². The van der Waals surface area contributed by atoms with Gasteiger partial charge in [0.05, 0.1) is 0 Å². The standard InChI is InChI=1S/C24H16N6S/c1-2-11-25-21(5-1)30-16-20(24-27-13-15-31-24)28-23(30)18-6-8-19(9-7-18)29-14-10-17-4-3-12-26-22(17)29/h1-16H. The van der Waals surface area contributed by atoms with Crippen molar-refractivity contribution in [2.75, 3.05) is 0 Å². The lowest BCUT2D eigenvalue weighted by Gasteiger charge is -2.09. The molecular weight excluding hydrogens is 404 g/mol. The molecule has 5 heterocycles. The topological polar surface area (TPSA) is 61.4 Å². The van der Waals surface area contributed by atoms with E-state index in [1.165, 1.54) is 0 Å². The number of hydrogen-bond acceptors (Lipinski definition) is 5. The largest absolute Gasteiger partial charge is 0.301 e. The van der Waals surface area contributed by atoms with Crippen LogP contribution < -0.4 is 0 Å². The van der Waals surface area contributed by atoms with Gasteiger partial charge in [-0.3, -0.25) is 4.57 Å². The molecule has 6 aromatic rings. The summed E-state index contributed by atoms with van der Waals surface area (Å²) in [5, 5.41) is 3.96. The summed E-state index contributed by atoms with van der Waals surface area (Å²) in [7, 11) is 0. The van der Waals surface area contributed by atoms with Crippen molar-refractivity contribution in [3.63, 3.8) is 0 Å². The molecule has 0 fully saturated rings. The van der Waals surface area contributed by atoms with Crippen molar-refractivity contribution in [3.05, 3.63) is 97.0 Å². The highest BCUT2D eigenvalue weighted by Crippen LogP contribution is 2.29. The van der Waals surface area contributed by atoms with Crippen molar-refractivity contribution in [1.29, 1.82) is 0 Å². The van der Waals surface area contributed by atoms with Crippen molar-refractivity contribution < 1.29 is 0 Å². The molecule has 0 aliphatic heterocycles. The first-order chi connectivity index (χ1) is 15.4. The van der Waals surface area contributed by atoms with Crippen LogP contribution in [0.15, 0.2) is 97.0 Å². The van der Waals surface area contributed by atoms with Crippen LogP contribution in [0.3, 0.4) is 0 Å². The third-order valence-corrected chi connectivity index (χ3v) is 5.90. The number of pyridine rings is 2. The molecule has 0 aliphatic carbocycles. The highest BCUT2D eigenvalue weighted by Gasteiger charge is 2.15. The van der Waals surface area contributed by atoms with Crippen LogP contribution in [-0.2, 0) is 0 Å². The molecule has 1 aromatic carbocycles. The lowest BCUT2D eigenvalue weighted by Crippen LogP contribution is -1.99. The average molecular weight is 421 g/mol. The van der Waals surface area contributed by atoms with Crippen molar-refractivity contribution >= 4 is 22.4 Å². The molecule has 0 radical (unpaired) electrons. The van der Waals surface area contributed by atoms with Gasteiger partial charge in [0.1, 0.15) is 28.0 Å². The van der Waals surface area contributed by atoms with Gasteiger partial charge >= 0.3 is 0 Å². The Hall–Kier alpha value is -4.10. The molecule has 0 saturated carbocycles. The molecule has 0 N–H and O–H groups in total. The van der Waals surface area contributed by atoms with Crippen LogP contribution in [0.5, 0.6) is 0 Å². The minimum atomic E-state index is 0.817. The van der Waals surface area contributed by atoms with Crippen LogP contribution in [0, 0.1) is 0 Å². The van der Waals surface area contributed by atoms with Gasteiger partial charge in [0.2, 0.25) is 0 Å². The number of nitrogens with zero attached hydrogens (tertiary/aromatic N) is 6. The fraction of sp³-hybridized carbons (Fsp3) is 0. The van der Waals surface area contributed by atoms with E-state index in [2.05, 4.69) is 55.9 Å². The zero-order valence-electron chi connectivity index (χ0n) is 16.3. The molecule has 31 heavy (non-hydrogen) atoms. The van der Waals surface area contributed by atoms with E-state index in [9.17, 15) is 0 Å². The first kappa shape index (κ1) is 17.7. The second-order valence-corrected chi connectivity index (χ2v) is 7.89. The molecule has 7 heteroatoms. The van der Waals surface area contributed by atoms with Crippen LogP contribution in [0.2, 0.25) is 0 Å². The number of rotatable bonds is 4. The van der Waals surface area contributed by atoms with Gasteiger partial charge < -0.3 is 4.57 Å². The third kappa shape index (κ3) is 3.12. The molecular formula is C24H16N6S. The number of imidazole rings is 1. The molecule has 0 saturated heterocycles. The smallest absolute Gasteiger partial charge is 0.146 e. The maximum atomic E-state index is 4.89. The second kappa shape index (κ2) is 7.30. The van der Waals surface area contributed by atoms with E-state index in [-0.39, 0.29) is 0 Å². The van der Waals surface area contributed by atoms with Crippen LogP contribution in [-0.4, -0.2) is 29.1 Å². The molecule has 0 aliphatic rings. The molecule has 0 atom stereocenters. The molecule has 6 rings (SSSR count). The van der Waals surface area contributed by atoms with Gasteiger partial charge in [0.15, 0.2) is 0 Å². The molecule has 148 valence electrons. The summed E-state index contributed by atoms with van der Waals surface area (Å²) in [6.45, 7) is 0. The Labute approximate surface area is 182 Å². The minimum Gasteiger partial charge on any atom is -0.301 e. The normalized spacial score (nSPS) is 11.2. The Morgan fingerprint density at radius 3 is 2.45 bits per heavy atom. The third-order valence-electron chi connectivity index (χ3n) is 5.11. The first-order valence-corrected chi connectivity index (χ1v) is 10.7. The highest BCUT2D eigenvalue weighted by molar-refractivity contribution is 7.13. The molecule has 6 nitrogen and oxygen atoms in total. The van der Waals surface area contributed by atoms with Gasteiger partial charge in [-0.05, 0) is 54.6 Å². The van der Waals surface area contributed by atoms with Gasteiger partial charge in [-0.15, -0.1) is 11.3 Å². The number of benzene rings is 1. The Morgan fingerprint density at radius 2 is 1.65 bits per heavy atom. The van der Waals surface area contributed by atoms with Crippen LogP contribution in [0.4, 0.5) is 0 Å². The van der Waals surface area contributed by atoms with Gasteiger partial charge in [0.25, 0.3) is 0 Å². The van der Waals surface area contributed by atoms with E-state index in [0.29, 0.717) is 0 Å². The van der Waals surface area contributed by atoms with E-state index in [1.807, 2.05) is 52.8 Å². The second-order valence-electron chi connectivity index (χ2n) is 6.99. The minimum absolute atomic E-state index is 0.817. The maximum absolute atomic E-state index is 4.89. The highest BCUT2D eigenvalue weighted by atomic mass is 32.1. The van der Waals surface area contributed by atoms with Gasteiger partial charge in [-0.1, -0.05) is 6.07 Å². The fourth-order valence-corrected chi connectivity index (χ4v) is 4.24. The van der Waals surface area contributed by atoms with Gasteiger partial charge in [0, 0.05) is 53.0 Å². The summed E-state index contributed by atoms with van der Waals surface area (Å²) in [5.41, 5.74) is 3.83. The number of hydrogen-bond donors (Lipinski definition) is 0. The van der Waals surface area contributed by atoms with Crippen molar-refractivity contribution in [2.45, 2.75) is 0 Å². The zero-order valence-corrected chi connectivity index (χ0v) is 17.1. The van der Waals surface area contributed by atoms with Crippen LogP contribution >= 0.6 is 11.3 Å².